The number of urea groups is 2. The molecule has 0 saturated heterocycles. The number of benzene rings is 1. The van der Waals surface area contributed by atoms with Crippen molar-refractivity contribution < 1.29 is 14.3 Å². The second kappa shape index (κ2) is 8.93. The summed E-state index contributed by atoms with van der Waals surface area (Å²) in [6, 6.07) is 8.40. The van der Waals surface area contributed by atoms with E-state index in [2.05, 4.69) is 9.71 Å². The van der Waals surface area contributed by atoms with E-state index in [1.807, 2.05) is 30.3 Å². The lowest BCUT2D eigenvalue weighted by Gasteiger charge is -2.19. The number of carbonyl (C=O) groups is 2. The fraction of sp³-hybridized carbons (Fsp3) is 0.357. The van der Waals surface area contributed by atoms with Crippen molar-refractivity contribution in [1.82, 2.24) is 14.5 Å². The minimum atomic E-state index is -0.501. The van der Waals surface area contributed by atoms with Crippen LogP contribution in [0.1, 0.15) is 6.92 Å². The van der Waals surface area contributed by atoms with E-state index in [0.29, 0.717) is 6.61 Å². The highest BCUT2D eigenvalue weighted by molar-refractivity contribution is 7.98. The van der Waals surface area contributed by atoms with Gasteiger partial charge in [-0.05, 0) is 31.0 Å². The molecule has 0 aliphatic carbocycles. The number of nitrogens with one attached hydrogen (secondary N) is 1. The van der Waals surface area contributed by atoms with Crippen LogP contribution in [0.5, 0.6) is 0 Å². The molecule has 8 heteroatoms. The van der Waals surface area contributed by atoms with Crippen molar-refractivity contribution in [2.75, 3.05) is 27.7 Å². The van der Waals surface area contributed by atoms with E-state index in [4.69, 9.17) is 4.74 Å². The zero-order valence-corrected chi connectivity index (χ0v) is 13.9. The summed E-state index contributed by atoms with van der Waals surface area (Å²) in [6.07, 6.45) is 0. The fourth-order valence-corrected chi connectivity index (χ4v) is 1.90. The zero-order valence-electron chi connectivity index (χ0n) is 13.1. The maximum atomic E-state index is 12.1. The third-order valence-corrected chi connectivity index (χ3v) is 3.22. The molecule has 0 radical (unpaired) electrons. The average Bonchev–Trinajstić information content (AvgIpc) is 2.52. The highest BCUT2D eigenvalue weighted by Gasteiger charge is 2.18. The fourth-order valence-electron chi connectivity index (χ4n) is 1.26. The summed E-state index contributed by atoms with van der Waals surface area (Å²) < 4.78 is 7.91. The van der Waals surface area contributed by atoms with E-state index in [-0.39, 0.29) is 6.02 Å². The van der Waals surface area contributed by atoms with Crippen molar-refractivity contribution >= 4 is 30.0 Å². The summed E-state index contributed by atoms with van der Waals surface area (Å²) in [7, 11) is 4.62. The highest BCUT2D eigenvalue weighted by atomic mass is 32.2. The molecule has 1 rings (SSSR count). The molecule has 22 heavy (non-hydrogen) atoms. The molecule has 0 fully saturated rings. The van der Waals surface area contributed by atoms with Crippen LogP contribution < -0.4 is 4.72 Å². The average molecular weight is 324 g/mol. The molecule has 1 N–H and O–H groups in total. The van der Waals surface area contributed by atoms with Crippen LogP contribution >= 0.6 is 11.9 Å². The van der Waals surface area contributed by atoms with Gasteiger partial charge in [0.25, 0.3) is 0 Å². The third kappa shape index (κ3) is 5.65. The number of nitrogens with zero attached hydrogens (tertiary/aromatic N) is 3. The molecule has 1 aromatic carbocycles. The van der Waals surface area contributed by atoms with Crippen molar-refractivity contribution in [3.63, 3.8) is 0 Å². The molecule has 0 saturated carbocycles. The van der Waals surface area contributed by atoms with Crippen LogP contribution in [0.4, 0.5) is 9.59 Å². The predicted octanol–water partition coefficient (Wildman–Crippen LogP) is 2.41. The number of carbonyl (C=O) groups excluding carboxylic acids is 2. The van der Waals surface area contributed by atoms with Gasteiger partial charge in [0.15, 0.2) is 0 Å². The van der Waals surface area contributed by atoms with Crippen LogP contribution in [-0.4, -0.2) is 55.6 Å². The lowest BCUT2D eigenvalue weighted by atomic mass is 10.4. The summed E-state index contributed by atoms with van der Waals surface area (Å²) in [6.45, 7) is 2.04. The largest absolute Gasteiger partial charge is 0.465 e. The van der Waals surface area contributed by atoms with Crippen molar-refractivity contribution in [3.05, 3.63) is 30.3 Å². The monoisotopic (exact) mass is 324 g/mol. The Kier molecular flexibility index (Phi) is 7.24. The molecule has 0 atom stereocenters. The van der Waals surface area contributed by atoms with Gasteiger partial charge in [-0.1, -0.05) is 18.2 Å². The van der Waals surface area contributed by atoms with Crippen LogP contribution in [0.2, 0.25) is 0 Å². The van der Waals surface area contributed by atoms with Crippen molar-refractivity contribution in [2.45, 2.75) is 11.8 Å². The van der Waals surface area contributed by atoms with E-state index >= 15 is 0 Å². The number of hydrogen-bond acceptors (Lipinski definition) is 4. The zero-order chi connectivity index (χ0) is 16.5. The molecule has 0 aromatic heterocycles. The number of amides is 4. The summed E-state index contributed by atoms with van der Waals surface area (Å²) in [5, 5.41) is 0. The van der Waals surface area contributed by atoms with Gasteiger partial charge in [-0.3, -0.25) is 9.62 Å². The number of aliphatic imine (C=N–C) groups is 1. The van der Waals surface area contributed by atoms with Gasteiger partial charge in [0.2, 0.25) is 0 Å². The van der Waals surface area contributed by atoms with Gasteiger partial charge in [-0.2, -0.15) is 0 Å². The molecular formula is C14H20N4O3S. The highest BCUT2D eigenvalue weighted by Crippen LogP contribution is 2.13. The van der Waals surface area contributed by atoms with E-state index in [1.165, 1.54) is 23.9 Å². The Labute approximate surface area is 134 Å². The third-order valence-electron chi connectivity index (χ3n) is 2.44. The molecule has 0 heterocycles. The Morgan fingerprint density at radius 1 is 1.23 bits per heavy atom. The predicted molar refractivity (Wildman–Crippen MR) is 86.7 cm³/mol. The van der Waals surface area contributed by atoms with Crippen molar-refractivity contribution in [3.8, 4) is 0 Å². The summed E-state index contributed by atoms with van der Waals surface area (Å²) in [4.78, 5) is 30.8. The Morgan fingerprint density at radius 3 is 2.41 bits per heavy atom. The normalized spacial score (nSPS) is 10.8. The van der Waals surface area contributed by atoms with Gasteiger partial charge in [0, 0.05) is 26.0 Å². The lowest BCUT2D eigenvalue weighted by molar-refractivity contribution is 0.211. The molecule has 0 unspecified atom stereocenters. The van der Waals surface area contributed by atoms with E-state index in [9.17, 15) is 9.59 Å². The molecule has 7 nitrogen and oxygen atoms in total. The summed E-state index contributed by atoms with van der Waals surface area (Å²) in [5.74, 6) is 0. The first-order chi connectivity index (χ1) is 10.5. The topological polar surface area (TPSA) is 74.2 Å². The Bertz CT molecular complexity index is 534. The SMILES string of the molecule is CCOC(=NC(=O)N(C)C)N(C)C(=O)NSc1ccccc1. The quantitative estimate of drug-likeness (QED) is 0.526. The number of hydrogen-bond donors (Lipinski definition) is 1. The molecule has 120 valence electrons. The molecule has 0 bridgehead atoms. The number of amidine groups is 1. The Balaban J connectivity index is 2.70. The lowest BCUT2D eigenvalue weighted by Crippen LogP contribution is -2.40. The number of rotatable bonds is 3. The molecule has 0 aliphatic heterocycles. The Hall–Kier alpha value is -2.22. The van der Waals surface area contributed by atoms with Gasteiger partial charge >= 0.3 is 18.1 Å². The molecular weight excluding hydrogens is 304 g/mol. The first-order valence-corrected chi connectivity index (χ1v) is 7.45. The van der Waals surface area contributed by atoms with Crippen molar-refractivity contribution in [1.29, 1.82) is 0 Å². The second-order valence-corrected chi connectivity index (χ2v) is 5.27. The van der Waals surface area contributed by atoms with Crippen LogP contribution in [-0.2, 0) is 4.74 Å². The minimum Gasteiger partial charge on any atom is -0.465 e. The second-order valence-electron chi connectivity index (χ2n) is 4.39. The van der Waals surface area contributed by atoms with Crippen LogP contribution in [0, 0.1) is 0 Å². The van der Waals surface area contributed by atoms with Crippen LogP contribution in [0.25, 0.3) is 0 Å². The van der Waals surface area contributed by atoms with E-state index in [0.717, 1.165) is 9.80 Å². The first-order valence-electron chi connectivity index (χ1n) is 6.64. The summed E-state index contributed by atoms with van der Waals surface area (Å²) >= 11 is 1.17. The Morgan fingerprint density at radius 2 is 1.86 bits per heavy atom. The number of ether oxygens (including phenoxy) is 1. The van der Waals surface area contributed by atoms with Crippen molar-refractivity contribution in [2.24, 2.45) is 4.99 Å². The summed E-state index contributed by atoms with van der Waals surface area (Å²) in [5.41, 5.74) is 0. The van der Waals surface area contributed by atoms with Gasteiger partial charge in [0.1, 0.15) is 0 Å². The van der Waals surface area contributed by atoms with Crippen LogP contribution in [0.15, 0.2) is 40.2 Å². The van der Waals surface area contributed by atoms with Gasteiger partial charge in [-0.15, -0.1) is 4.99 Å². The first kappa shape index (κ1) is 17.8. The standard InChI is InChI=1S/C14H20N4O3S/c1-5-21-14(15-12(19)17(2)3)18(4)13(20)16-22-11-9-7-6-8-10-11/h6-10H,5H2,1-4H3,(H,16,20). The van der Waals surface area contributed by atoms with Gasteiger partial charge in [-0.25, -0.2) is 9.59 Å². The van der Waals surface area contributed by atoms with E-state index in [1.54, 1.807) is 21.0 Å². The van der Waals surface area contributed by atoms with E-state index < -0.39 is 12.1 Å². The molecule has 4 amide bonds. The molecule has 0 spiro atoms. The smallest absolute Gasteiger partial charge is 0.347 e. The van der Waals surface area contributed by atoms with Gasteiger partial charge < -0.3 is 9.64 Å². The molecule has 1 aromatic rings. The maximum Gasteiger partial charge on any atom is 0.347 e. The maximum absolute atomic E-state index is 12.1. The van der Waals surface area contributed by atoms with Crippen LogP contribution in [0.3, 0.4) is 0 Å². The van der Waals surface area contributed by atoms with Gasteiger partial charge in [0.05, 0.1) is 6.61 Å². The molecule has 0 aliphatic rings. The minimum absolute atomic E-state index is 0.0487.